The molecule has 1 fully saturated rings. The van der Waals surface area contributed by atoms with E-state index in [0.29, 0.717) is 12.5 Å². The van der Waals surface area contributed by atoms with Crippen molar-refractivity contribution in [2.45, 2.75) is 26.3 Å². The topological polar surface area (TPSA) is 70.6 Å². The lowest BCUT2D eigenvalue weighted by molar-refractivity contribution is 0.608. The number of nitrogens with zero attached hydrogens (tertiary/aromatic N) is 5. The minimum Gasteiger partial charge on any atom is -0.370 e. The molecule has 2 N–H and O–H groups in total. The van der Waals surface area contributed by atoms with Crippen LogP contribution in [-0.4, -0.2) is 48.0 Å². The number of aliphatic imine (C=N–C) groups is 1. The first-order valence-electron chi connectivity index (χ1n) is 6.63. The number of aromatic nitrogens is 2. The Kier molecular flexibility index (Phi) is 6.44. The van der Waals surface area contributed by atoms with Crippen LogP contribution < -0.4 is 10.6 Å². The van der Waals surface area contributed by atoms with Crippen molar-refractivity contribution < 1.29 is 0 Å². The van der Waals surface area contributed by atoms with Crippen molar-refractivity contribution in [1.29, 1.82) is 0 Å². The molecular weight excluding hydrogens is 367 g/mol. The number of anilines is 1. The van der Waals surface area contributed by atoms with Crippen molar-refractivity contribution in [1.82, 2.24) is 14.9 Å². The monoisotopic (exact) mass is 390 g/mol. The van der Waals surface area contributed by atoms with E-state index in [0.717, 1.165) is 30.4 Å². The second kappa shape index (κ2) is 7.61. The molecule has 0 radical (unpaired) electrons. The number of guanidine groups is 1. The number of rotatable bonds is 3. The summed E-state index contributed by atoms with van der Waals surface area (Å²) in [4.78, 5) is 17.4. The van der Waals surface area contributed by atoms with Gasteiger partial charge in [-0.25, -0.2) is 15.0 Å². The average Bonchev–Trinajstić information content (AvgIpc) is 2.89. The van der Waals surface area contributed by atoms with Crippen LogP contribution in [-0.2, 0) is 6.54 Å². The third-order valence-corrected chi connectivity index (χ3v) is 3.15. The van der Waals surface area contributed by atoms with Crippen LogP contribution in [0.1, 0.15) is 24.2 Å². The number of aryl methyl sites for hydroxylation is 1. The Labute approximate surface area is 137 Å². The predicted octanol–water partition coefficient (Wildman–Crippen LogP) is 1.38. The van der Waals surface area contributed by atoms with Crippen LogP contribution in [0.4, 0.5) is 5.95 Å². The SMILES string of the molecule is Cc1cc(CN=C(N)N(C)C)nc(N2CCCC2)n1.I. The van der Waals surface area contributed by atoms with Crippen LogP contribution in [0.2, 0.25) is 0 Å². The van der Waals surface area contributed by atoms with Gasteiger partial charge in [0.25, 0.3) is 0 Å². The lowest BCUT2D eigenvalue weighted by Gasteiger charge is -2.16. The smallest absolute Gasteiger partial charge is 0.225 e. The van der Waals surface area contributed by atoms with Crippen molar-refractivity contribution in [2.24, 2.45) is 10.7 Å². The summed E-state index contributed by atoms with van der Waals surface area (Å²) < 4.78 is 0. The summed E-state index contributed by atoms with van der Waals surface area (Å²) >= 11 is 0. The van der Waals surface area contributed by atoms with Crippen LogP contribution in [0.15, 0.2) is 11.1 Å². The highest BCUT2D eigenvalue weighted by molar-refractivity contribution is 14.0. The van der Waals surface area contributed by atoms with Crippen LogP contribution in [0.25, 0.3) is 0 Å². The summed E-state index contributed by atoms with van der Waals surface area (Å²) in [6.45, 7) is 4.58. The van der Waals surface area contributed by atoms with E-state index in [1.54, 1.807) is 4.90 Å². The molecule has 7 heteroatoms. The molecule has 0 aromatic carbocycles. The Bertz CT molecular complexity index is 468. The predicted molar refractivity (Wildman–Crippen MR) is 92.6 cm³/mol. The lowest BCUT2D eigenvalue weighted by atomic mass is 10.3. The minimum absolute atomic E-state index is 0. The third kappa shape index (κ3) is 4.46. The average molecular weight is 390 g/mol. The zero-order chi connectivity index (χ0) is 13.8. The fourth-order valence-corrected chi connectivity index (χ4v) is 2.06. The first kappa shape index (κ1) is 16.9. The summed E-state index contributed by atoms with van der Waals surface area (Å²) in [6, 6.07) is 1.96. The molecule has 1 aliphatic heterocycles. The molecule has 0 atom stereocenters. The Hall–Kier alpha value is -1.12. The summed E-state index contributed by atoms with van der Waals surface area (Å²) in [6.07, 6.45) is 2.44. The molecular formula is C13H23IN6. The number of hydrogen-bond donors (Lipinski definition) is 1. The van der Waals surface area contributed by atoms with E-state index in [2.05, 4.69) is 19.9 Å². The van der Waals surface area contributed by atoms with Gasteiger partial charge < -0.3 is 15.5 Å². The van der Waals surface area contributed by atoms with E-state index in [1.807, 2.05) is 27.1 Å². The number of nitrogens with two attached hydrogens (primary N) is 1. The van der Waals surface area contributed by atoms with Gasteiger partial charge in [0.1, 0.15) is 0 Å². The summed E-state index contributed by atoms with van der Waals surface area (Å²) in [5, 5.41) is 0. The normalized spacial score (nSPS) is 15.2. The Morgan fingerprint density at radius 1 is 1.35 bits per heavy atom. The van der Waals surface area contributed by atoms with Crippen molar-refractivity contribution >= 4 is 35.9 Å². The summed E-state index contributed by atoms with van der Waals surface area (Å²) in [7, 11) is 3.75. The molecule has 0 bridgehead atoms. The van der Waals surface area contributed by atoms with E-state index < -0.39 is 0 Å². The molecule has 1 saturated heterocycles. The zero-order valence-electron chi connectivity index (χ0n) is 12.3. The highest BCUT2D eigenvalue weighted by Gasteiger charge is 2.15. The van der Waals surface area contributed by atoms with Crippen molar-refractivity contribution in [3.8, 4) is 0 Å². The van der Waals surface area contributed by atoms with Gasteiger partial charge in [-0.05, 0) is 25.8 Å². The van der Waals surface area contributed by atoms with Gasteiger partial charge in [0.15, 0.2) is 5.96 Å². The second-order valence-corrected chi connectivity index (χ2v) is 5.06. The van der Waals surface area contributed by atoms with Crippen molar-refractivity contribution in [2.75, 3.05) is 32.1 Å². The van der Waals surface area contributed by atoms with Crippen LogP contribution in [0.5, 0.6) is 0 Å². The molecule has 0 spiro atoms. The first-order valence-corrected chi connectivity index (χ1v) is 6.63. The third-order valence-electron chi connectivity index (χ3n) is 3.15. The molecule has 1 aromatic rings. The molecule has 20 heavy (non-hydrogen) atoms. The molecule has 0 unspecified atom stereocenters. The molecule has 0 aliphatic carbocycles. The van der Waals surface area contributed by atoms with Gasteiger partial charge in [0, 0.05) is 32.9 Å². The highest BCUT2D eigenvalue weighted by atomic mass is 127. The molecule has 1 aliphatic rings. The molecule has 2 rings (SSSR count). The first-order chi connectivity index (χ1) is 9.06. The molecule has 0 amide bonds. The Balaban J connectivity index is 0.00000200. The maximum atomic E-state index is 5.78. The minimum atomic E-state index is 0. The summed E-state index contributed by atoms with van der Waals surface area (Å²) in [5.74, 6) is 1.34. The van der Waals surface area contributed by atoms with Crippen molar-refractivity contribution in [3.05, 3.63) is 17.5 Å². The molecule has 0 saturated carbocycles. The lowest BCUT2D eigenvalue weighted by Crippen LogP contribution is -2.30. The van der Waals surface area contributed by atoms with Gasteiger partial charge in [-0.2, -0.15) is 0 Å². The van der Waals surface area contributed by atoms with Gasteiger partial charge in [-0.1, -0.05) is 0 Å². The van der Waals surface area contributed by atoms with Crippen LogP contribution >= 0.6 is 24.0 Å². The quantitative estimate of drug-likeness (QED) is 0.480. The zero-order valence-corrected chi connectivity index (χ0v) is 14.7. The fourth-order valence-electron chi connectivity index (χ4n) is 2.06. The fraction of sp³-hybridized carbons (Fsp3) is 0.615. The van der Waals surface area contributed by atoms with Gasteiger partial charge in [-0.15, -0.1) is 24.0 Å². The maximum Gasteiger partial charge on any atom is 0.225 e. The van der Waals surface area contributed by atoms with E-state index >= 15 is 0 Å². The van der Waals surface area contributed by atoms with E-state index in [-0.39, 0.29) is 24.0 Å². The van der Waals surface area contributed by atoms with E-state index in [9.17, 15) is 0 Å². The Morgan fingerprint density at radius 2 is 2.00 bits per heavy atom. The summed E-state index contributed by atoms with van der Waals surface area (Å²) in [5.41, 5.74) is 7.68. The van der Waals surface area contributed by atoms with E-state index in [1.165, 1.54) is 12.8 Å². The number of halogens is 1. The standard InChI is InChI=1S/C13H22N6.HI/c1-10-8-11(9-15-12(14)18(2)3)17-13(16-10)19-6-4-5-7-19;/h8H,4-7,9H2,1-3H3,(H2,14,15);1H. The molecule has 112 valence electrons. The van der Waals surface area contributed by atoms with Gasteiger partial charge in [0.2, 0.25) is 5.95 Å². The van der Waals surface area contributed by atoms with Crippen molar-refractivity contribution in [3.63, 3.8) is 0 Å². The van der Waals surface area contributed by atoms with Gasteiger partial charge in [-0.3, -0.25) is 0 Å². The second-order valence-electron chi connectivity index (χ2n) is 5.06. The number of hydrogen-bond acceptors (Lipinski definition) is 4. The molecule has 6 nitrogen and oxygen atoms in total. The van der Waals surface area contributed by atoms with Crippen LogP contribution in [0, 0.1) is 6.92 Å². The van der Waals surface area contributed by atoms with E-state index in [4.69, 9.17) is 5.73 Å². The van der Waals surface area contributed by atoms with Gasteiger partial charge in [0.05, 0.1) is 12.2 Å². The van der Waals surface area contributed by atoms with Gasteiger partial charge >= 0.3 is 0 Å². The van der Waals surface area contributed by atoms with Crippen LogP contribution in [0.3, 0.4) is 0 Å². The molecule has 2 heterocycles. The largest absolute Gasteiger partial charge is 0.370 e. The highest BCUT2D eigenvalue weighted by Crippen LogP contribution is 2.16. The Morgan fingerprint density at radius 3 is 2.60 bits per heavy atom. The maximum absolute atomic E-state index is 5.78. The molecule has 1 aromatic heterocycles.